The number of pyridine rings is 1. The first kappa shape index (κ1) is 20.2. The molecule has 3 rings (SSSR count). The molecule has 0 saturated carbocycles. The van der Waals surface area contributed by atoms with Crippen molar-refractivity contribution in [3.05, 3.63) is 60.4 Å². The molecule has 6 heteroatoms. The number of halogens is 1. The molecule has 1 fully saturated rings. The van der Waals surface area contributed by atoms with Gasteiger partial charge in [-0.05, 0) is 56.6 Å². The van der Waals surface area contributed by atoms with Crippen LogP contribution in [-0.4, -0.2) is 41.5 Å². The van der Waals surface area contributed by atoms with Gasteiger partial charge >= 0.3 is 0 Å². The third kappa shape index (κ3) is 6.00. The molecule has 1 unspecified atom stereocenters. The average molecular weight is 376 g/mol. The van der Waals surface area contributed by atoms with Crippen molar-refractivity contribution in [2.75, 3.05) is 19.7 Å². The summed E-state index contributed by atoms with van der Waals surface area (Å²) in [5.74, 6) is 0.734. The number of carbonyl (C=O) groups excluding carboxylic acids is 1. The number of nitrogens with zero attached hydrogens (tertiary/aromatic N) is 2. The monoisotopic (exact) mass is 375 g/mol. The number of ether oxygens (including phenoxy) is 1. The number of carbonyl (C=O) groups is 1. The normalized spacial score (nSPS) is 16.8. The summed E-state index contributed by atoms with van der Waals surface area (Å²) in [7, 11) is 0. The van der Waals surface area contributed by atoms with Crippen LogP contribution in [0.15, 0.2) is 54.7 Å². The van der Waals surface area contributed by atoms with E-state index in [0.29, 0.717) is 6.54 Å². The number of para-hydroxylation sites is 1. The van der Waals surface area contributed by atoms with Gasteiger partial charge in [-0.1, -0.05) is 24.3 Å². The zero-order valence-electron chi connectivity index (χ0n) is 14.8. The van der Waals surface area contributed by atoms with Crippen molar-refractivity contribution in [2.45, 2.75) is 31.8 Å². The maximum atomic E-state index is 12.9. The zero-order valence-corrected chi connectivity index (χ0v) is 15.7. The predicted octanol–water partition coefficient (Wildman–Crippen LogP) is 3.05. The van der Waals surface area contributed by atoms with E-state index in [2.05, 4.69) is 10.3 Å². The molecule has 2 aromatic rings. The molecule has 1 aliphatic rings. The maximum Gasteiger partial charge on any atom is 0.261 e. The lowest BCUT2D eigenvalue weighted by Crippen LogP contribution is -2.43. The Morgan fingerprint density at radius 1 is 1.12 bits per heavy atom. The topological polar surface area (TPSA) is 54.5 Å². The minimum Gasteiger partial charge on any atom is -0.484 e. The molecule has 1 aromatic carbocycles. The highest BCUT2D eigenvalue weighted by Crippen LogP contribution is 2.17. The fourth-order valence-electron chi connectivity index (χ4n) is 3.14. The summed E-state index contributed by atoms with van der Waals surface area (Å²) in [6.45, 7) is 2.54. The van der Waals surface area contributed by atoms with Gasteiger partial charge in [-0.2, -0.15) is 0 Å². The van der Waals surface area contributed by atoms with E-state index in [0.717, 1.165) is 43.8 Å². The summed E-state index contributed by atoms with van der Waals surface area (Å²) in [5.41, 5.74) is 0.910. The molecule has 0 bridgehead atoms. The summed E-state index contributed by atoms with van der Waals surface area (Å²) in [6.07, 6.45) is 4.82. The fraction of sp³-hybridized carbons (Fsp3) is 0.400. The lowest BCUT2D eigenvalue weighted by Gasteiger charge is -2.31. The lowest BCUT2D eigenvalue weighted by atomic mass is 10.1. The molecule has 0 aliphatic carbocycles. The molecule has 1 amide bonds. The summed E-state index contributed by atoms with van der Waals surface area (Å²) < 4.78 is 5.68. The van der Waals surface area contributed by atoms with E-state index < -0.39 is 0 Å². The Morgan fingerprint density at radius 2 is 1.92 bits per heavy atom. The van der Waals surface area contributed by atoms with Crippen molar-refractivity contribution in [3.8, 4) is 5.75 Å². The van der Waals surface area contributed by atoms with Gasteiger partial charge < -0.3 is 15.0 Å². The van der Waals surface area contributed by atoms with Gasteiger partial charge in [-0.3, -0.25) is 9.78 Å². The van der Waals surface area contributed by atoms with Crippen LogP contribution in [0.1, 0.15) is 25.0 Å². The van der Waals surface area contributed by atoms with Crippen LogP contribution < -0.4 is 10.1 Å². The second kappa shape index (κ2) is 10.8. The number of amides is 1. The van der Waals surface area contributed by atoms with Crippen LogP contribution in [0.25, 0.3) is 0 Å². The van der Waals surface area contributed by atoms with Crippen LogP contribution in [0.4, 0.5) is 0 Å². The Balaban J connectivity index is 0.00000243. The second-order valence-electron chi connectivity index (χ2n) is 6.28. The average Bonchev–Trinajstić information content (AvgIpc) is 2.95. The van der Waals surface area contributed by atoms with Crippen molar-refractivity contribution < 1.29 is 9.53 Å². The number of hydrogen-bond acceptors (Lipinski definition) is 4. The first-order valence-corrected chi connectivity index (χ1v) is 8.91. The minimum absolute atomic E-state index is 0. The molecule has 1 saturated heterocycles. The molecule has 5 nitrogen and oxygen atoms in total. The molecule has 140 valence electrons. The van der Waals surface area contributed by atoms with E-state index >= 15 is 0 Å². The highest BCUT2D eigenvalue weighted by molar-refractivity contribution is 5.85. The largest absolute Gasteiger partial charge is 0.484 e. The molecule has 0 radical (unpaired) electrons. The van der Waals surface area contributed by atoms with Crippen molar-refractivity contribution >= 4 is 18.3 Å². The first-order valence-electron chi connectivity index (χ1n) is 8.91. The van der Waals surface area contributed by atoms with E-state index in [9.17, 15) is 4.79 Å². The third-order valence-electron chi connectivity index (χ3n) is 4.47. The van der Waals surface area contributed by atoms with Crippen molar-refractivity contribution in [1.29, 1.82) is 0 Å². The van der Waals surface area contributed by atoms with E-state index in [4.69, 9.17) is 4.74 Å². The predicted molar refractivity (Wildman–Crippen MR) is 104 cm³/mol. The Hall–Kier alpha value is -2.11. The van der Waals surface area contributed by atoms with Gasteiger partial charge in [-0.15, -0.1) is 12.4 Å². The van der Waals surface area contributed by atoms with Crippen molar-refractivity contribution in [2.24, 2.45) is 0 Å². The molecule has 1 atom stereocenters. The number of benzene rings is 1. The van der Waals surface area contributed by atoms with Gasteiger partial charge in [0.05, 0.1) is 12.2 Å². The number of rotatable bonds is 6. The van der Waals surface area contributed by atoms with Crippen LogP contribution in [0, 0.1) is 0 Å². The fourth-order valence-corrected chi connectivity index (χ4v) is 3.14. The van der Waals surface area contributed by atoms with Gasteiger partial charge in [-0.25, -0.2) is 0 Å². The van der Waals surface area contributed by atoms with Gasteiger partial charge in [0.1, 0.15) is 5.75 Å². The smallest absolute Gasteiger partial charge is 0.261 e. The number of aromatic nitrogens is 1. The van der Waals surface area contributed by atoms with E-state index in [1.165, 1.54) is 0 Å². The first-order chi connectivity index (χ1) is 12.3. The molecule has 2 heterocycles. The highest BCUT2D eigenvalue weighted by atomic mass is 35.5. The molecule has 0 spiro atoms. The van der Waals surface area contributed by atoms with Crippen LogP contribution >= 0.6 is 12.4 Å². The summed E-state index contributed by atoms with van der Waals surface area (Å²) in [6, 6.07) is 15.5. The highest BCUT2D eigenvalue weighted by Gasteiger charge is 2.25. The van der Waals surface area contributed by atoms with Gasteiger partial charge in [0.25, 0.3) is 5.91 Å². The van der Waals surface area contributed by atoms with Crippen LogP contribution in [0.3, 0.4) is 0 Å². The third-order valence-corrected chi connectivity index (χ3v) is 4.47. The van der Waals surface area contributed by atoms with E-state index in [1.54, 1.807) is 6.20 Å². The zero-order chi connectivity index (χ0) is 17.3. The summed E-state index contributed by atoms with van der Waals surface area (Å²) in [5, 5.41) is 3.41. The van der Waals surface area contributed by atoms with Crippen molar-refractivity contribution in [1.82, 2.24) is 15.2 Å². The van der Waals surface area contributed by atoms with Gasteiger partial charge in [0.15, 0.2) is 6.61 Å². The quantitative estimate of drug-likeness (QED) is 0.843. The van der Waals surface area contributed by atoms with E-state index in [1.807, 2.05) is 53.4 Å². The van der Waals surface area contributed by atoms with Crippen LogP contribution in [-0.2, 0) is 11.3 Å². The second-order valence-corrected chi connectivity index (χ2v) is 6.28. The molecule has 1 aliphatic heterocycles. The molecule has 26 heavy (non-hydrogen) atoms. The molecular weight excluding hydrogens is 350 g/mol. The van der Waals surface area contributed by atoms with Gasteiger partial charge in [0, 0.05) is 12.2 Å². The molecular formula is C20H26ClN3O2. The summed E-state index contributed by atoms with van der Waals surface area (Å²) in [4.78, 5) is 19.2. The molecule has 1 aromatic heterocycles. The van der Waals surface area contributed by atoms with E-state index in [-0.39, 0.29) is 31.0 Å². The van der Waals surface area contributed by atoms with Gasteiger partial charge in [0.2, 0.25) is 0 Å². The summed E-state index contributed by atoms with van der Waals surface area (Å²) >= 11 is 0. The SMILES string of the molecule is Cl.O=C(COc1ccccc1)N(Cc1ccccn1)C1CCCNCC1. The van der Waals surface area contributed by atoms with Crippen LogP contribution in [0.2, 0.25) is 0 Å². The molecule has 1 N–H and O–H groups in total. The minimum atomic E-state index is 0. The Kier molecular flexibility index (Phi) is 8.38. The van der Waals surface area contributed by atoms with Crippen molar-refractivity contribution in [3.63, 3.8) is 0 Å². The van der Waals surface area contributed by atoms with Crippen LogP contribution in [0.5, 0.6) is 5.75 Å². The lowest BCUT2D eigenvalue weighted by molar-refractivity contribution is -0.136. The Bertz CT molecular complexity index is 647. The number of hydrogen-bond donors (Lipinski definition) is 1. The maximum absolute atomic E-state index is 12.9. The Morgan fingerprint density at radius 3 is 2.69 bits per heavy atom. The Labute approximate surface area is 161 Å². The standard InChI is InChI=1S/C20H25N3O2.ClH/c24-20(16-25-19-9-2-1-3-10-19)23(15-17-7-4-5-13-22-17)18-8-6-12-21-14-11-18;/h1-5,7,9-10,13,18,21H,6,8,11-12,14-16H2;1H. The number of nitrogens with one attached hydrogen (secondary N) is 1.